The highest BCUT2D eigenvalue weighted by molar-refractivity contribution is 5.88. The zero-order chi connectivity index (χ0) is 20.5. The standard InChI is InChI=1S/C26H26N2O2/c29-26(30)21-11-13-25-20(16-21)10-12-23-18-27(14-15-28(23)25)17-22-8-4-5-9-24(22)19-6-2-1-3-7-19/h1-9,11,13,16,23H,10,12,14-15,17-18H2,(H,29,30)/t23-/m1/s1. The van der Waals surface area contributed by atoms with Crippen molar-refractivity contribution in [3.05, 3.63) is 89.5 Å². The van der Waals surface area contributed by atoms with Crippen LogP contribution in [0.5, 0.6) is 0 Å². The van der Waals surface area contributed by atoms with Crippen LogP contribution in [0.25, 0.3) is 11.1 Å². The molecule has 0 spiro atoms. The topological polar surface area (TPSA) is 43.8 Å². The van der Waals surface area contributed by atoms with Gasteiger partial charge < -0.3 is 10.0 Å². The normalized spacial score (nSPS) is 18.5. The largest absolute Gasteiger partial charge is 0.478 e. The van der Waals surface area contributed by atoms with E-state index in [1.807, 2.05) is 12.1 Å². The number of carbonyl (C=O) groups is 1. The summed E-state index contributed by atoms with van der Waals surface area (Å²) in [5, 5.41) is 9.28. The Morgan fingerprint density at radius 2 is 1.77 bits per heavy atom. The molecule has 0 saturated carbocycles. The first-order valence-electron chi connectivity index (χ1n) is 10.7. The molecule has 0 aromatic heterocycles. The number of nitrogens with zero attached hydrogens (tertiary/aromatic N) is 2. The van der Waals surface area contributed by atoms with Gasteiger partial charge in [-0.2, -0.15) is 0 Å². The van der Waals surface area contributed by atoms with Crippen molar-refractivity contribution in [3.63, 3.8) is 0 Å². The number of rotatable bonds is 4. The number of anilines is 1. The smallest absolute Gasteiger partial charge is 0.335 e. The first-order valence-corrected chi connectivity index (χ1v) is 10.7. The Morgan fingerprint density at radius 1 is 0.967 bits per heavy atom. The second-order valence-corrected chi connectivity index (χ2v) is 8.29. The highest BCUT2D eigenvalue weighted by atomic mass is 16.4. The maximum absolute atomic E-state index is 11.3. The molecule has 3 aromatic rings. The van der Waals surface area contributed by atoms with Crippen LogP contribution in [-0.2, 0) is 13.0 Å². The molecule has 30 heavy (non-hydrogen) atoms. The number of aryl methyl sites for hydroxylation is 1. The van der Waals surface area contributed by atoms with E-state index in [1.165, 1.54) is 27.9 Å². The van der Waals surface area contributed by atoms with Gasteiger partial charge in [-0.3, -0.25) is 4.90 Å². The molecule has 3 aromatic carbocycles. The van der Waals surface area contributed by atoms with Crippen LogP contribution < -0.4 is 4.90 Å². The lowest BCUT2D eigenvalue weighted by Crippen LogP contribution is -2.54. The number of fused-ring (bicyclic) bond motifs is 3. The van der Waals surface area contributed by atoms with Gasteiger partial charge >= 0.3 is 5.97 Å². The lowest BCUT2D eigenvalue weighted by Gasteiger charge is -2.46. The predicted molar refractivity (Wildman–Crippen MR) is 120 cm³/mol. The highest BCUT2D eigenvalue weighted by Gasteiger charge is 2.32. The fourth-order valence-electron chi connectivity index (χ4n) is 4.95. The molecular formula is C26H26N2O2. The number of aromatic carboxylic acids is 1. The second-order valence-electron chi connectivity index (χ2n) is 8.29. The average Bonchev–Trinajstić information content (AvgIpc) is 2.79. The van der Waals surface area contributed by atoms with Gasteiger partial charge in [-0.15, -0.1) is 0 Å². The van der Waals surface area contributed by atoms with E-state index >= 15 is 0 Å². The third-order valence-corrected chi connectivity index (χ3v) is 6.45. The lowest BCUT2D eigenvalue weighted by molar-refractivity contribution is 0.0696. The molecule has 152 valence electrons. The van der Waals surface area contributed by atoms with Crippen LogP contribution in [0.3, 0.4) is 0 Å². The minimum Gasteiger partial charge on any atom is -0.478 e. The molecule has 0 bridgehead atoms. The van der Waals surface area contributed by atoms with Gasteiger partial charge in [-0.25, -0.2) is 4.79 Å². The fraction of sp³-hybridized carbons (Fsp3) is 0.269. The van der Waals surface area contributed by atoms with Crippen LogP contribution in [0.2, 0.25) is 0 Å². The molecule has 2 aliphatic rings. The molecule has 1 atom stereocenters. The summed E-state index contributed by atoms with van der Waals surface area (Å²) in [6, 6.07) is 25.4. The summed E-state index contributed by atoms with van der Waals surface area (Å²) in [5.74, 6) is -0.846. The van der Waals surface area contributed by atoms with Gasteiger partial charge in [-0.1, -0.05) is 54.6 Å². The van der Waals surface area contributed by atoms with Gasteiger partial charge in [0.2, 0.25) is 0 Å². The molecule has 0 aliphatic carbocycles. The van der Waals surface area contributed by atoms with Crippen molar-refractivity contribution in [2.75, 3.05) is 24.5 Å². The summed E-state index contributed by atoms with van der Waals surface area (Å²) in [5.41, 5.74) is 6.75. The van der Waals surface area contributed by atoms with Crippen LogP contribution in [0.1, 0.15) is 27.9 Å². The lowest BCUT2D eigenvalue weighted by atomic mass is 9.92. The van der Waals surface area contributed by atoms with Gasteiger partial charge in [0.15, 0.2) is 0 Å². The van der Waals surface area contributed by atoms with Crippen LogP contribution in [0, 0.1) is 0 Å². The quantitative estimate of drug-likeness (QED) is 0.693. The monoisotopic (exact) mass is 398 g/mol. The number of carboxylic acids is 1. The Labute approximate surface area is 177 Å². The molecule has 1 fully saturated rings. The maximum atomic E-state index is 11.3. The fourth-order valence-corrected chi connectivity index (χ4v) is 4.95. The maximum Gasteiger partial charge on any atom is 0.335 e. The van der Waals surface area contributed by atoms with Gasteiger partial charge in [0.1, 0.15) is 0 Å². The van der Waals surface area contributed by atoms with E-state index < -0.39 is 5.97 Å². The first-order chi connectivity index (χ1) is 14.7. The molecule has 4 heteroatoms. The van der Waals surface area contributed by atoms with Crippen LogP contribution >= 0.6 is 0 Å². The van der Waals surface area contributed by atoms with E-state index in [2.05, 4.69) is 64.4 Å². The van der Waals surface area contributed by atoms with E-state index in [-0.39, 0.29) is 0 Å². The molecular weight excluding hydrogens is 372 g/mol. The van der Waals surface area contributed by atoms with Crippen LogP contribution in [-0.4, -0.2) is 41.7 Å². The van der Waals surface area contributed by atoms with E-state index in [9.17, 15) is 9.90 Å². The highest BCUT2D eigenvalue weighted by Crippen LogP contribution is 2.34. The number of hydrogen-bond donors (Lipinski definition) is 1. The molecule has 0 radical (unpaired) electrons. The van der Waals surface area contributed by atoms with Crippen molar-refractivity contribution < 1.29 is 9.90 Å². The van der Waals surface area contributed by atoms with E-state index in [0.29, 0.717) is 11.6 Å². The van der Waals surface area contributed by atoms with Crippen molar-refractivity contribution >= 4 is 11.7 Å². The zero-order valence-electron chi connectivity index (χ0n) is 17.0. The SMILES string of the molecule is O=C(O)c1ccc2c(c1)CC[C@@H]1CN(Cc3ccccc3-c3ccccc3)CCN21. The summed E-state index contributed by atoms with van der Waals surface area (Å²) in [7, 11) is 0. The molecule has 5 rings (SSSR count). The first kappa shape index (κ1) is 18.9. The molecule has 0 amide bonds. The molecule has 2 aliphatic heterocycles. The van der Waals surface area contributed by atoms with Gasteiger partial charge in [0, 0.05) is 37.9 Å². The predicted octanol–water partition coefficient (Wildman–Crippen LogP) is 4.69. The van der Waals surface area contributed by atoms with Crippen molar-refractivity contribution in [2.24, 2.45) is 0 Å². The molecule has 4 nitrogen and oxygen atoms in total. The van der Waals surface area contributed by atoms with E-state index in [1.54, 1.807) is 6.07 Å². The Kier molecular flexibility index (Phi) is 5.01. The molecule has 1 N–H and O–H groups in total. The molecule has 2 heterocycles. The number of carboxylic acid groups (broad SMARTS) is 1. The summed E-state index contributed by atoms with van der Waals surface area (Å²) in [4.78, 5) is 16.4. The van der Waals surface area contributed by atoms with Crippen molar-refractivity contribution in [3.8, 4) is 11.1 Å². The Hall–Kier alpha value is -3.11. The summed E-state index contributed by atoms with van der Waals surface area (Å²) in [6.45, 7) is 4.00. The van der Waals surface area contributed by atoms with Crippen molar-refractivity contribution in [1.29, 1.82) is 0 Å². The summed E-state index contributed by atoms with van der Waals surface area (Å²) >= 11 is 0. The van der Waals surface area contributed by atoms with Crippen LogP contribution in [0.4, 0.5) is 5.69 Å². The molecule has 0 unspecified atom stereocenters. The van der Waals surface area contributed by atoms with Crippen molar-refractivity contribution in [2.45, 2.75) is 25.4 Å². The molecule has 1 saturated heterocycles. The minimum atomic E-state index is -0.846. The third-order valence-electron chi connectivity index (χ3n) is 6.45. The van der Waals surface area contributed by atoms with Gasteiger partial charge in [0.05, 0.1) is 5.56 Å². The Morgan fingerprint density at radius 3 is 2.60 bits per heavy atom. The second kappa shape index (κ2) is 7.96. The van der Waals surface area contributed by atoms with Gasteiger partial charge in [-0.05, 0) is 53.3 Å². The zero-order valence-corrected chi connectivity index (χ0v) is 17.0. The Bertz CT molecular complexity index is 1060. The summed E-state index contributed by atoms with van der Waals surface area (Å²) in [6.07, 6.45) is 2.03. The number of hydrogen-bond acceptors (Lipinski definition) is 3. The minimum absolute atomic E-state index is 0.392. The summed E-state index contributed by atoms with van der Waals surface area (Å²) < 4.78 is 0. The average molecular weight is 399 g/mol. The van der Waals surface area contributed by atoms with E-state index in [4.69, 9.17) is 0 Å². The van der Waals surface area contributed by atoms with Gasteiger partial charge in [0.25, 0.3) is 0 Å². The number of piperazine rings is 1. The van der Waals surface area contributed by atoms with E-state index in [0.717, 1.165) is 39.0 Å². The van der Waals surface area contributed by atoms with Crippen LogP contribution in [0.15, 0.2) is 72.8 Å². The van der Waals surface area contributed by atoms with Crippen molar-refractivity contribution in [1.82, 2.24) is 4.90 Å². The third kappa shape index (κ3) is 3.59. The number of benzene rings is 3. The Balaban J connectivity index is 1.33.